The van der Waals surface area contributed by atoms with E-state index in [1.54, 1.807) is 0 Å². The van der Waals surface area contributed by atoms with Crippen molar-refractivity contribution in [1.29, 1.82) is 0 Å². The molecule has 1 fully saturated rings. The van der Waals surface area contributed by atoms with Gasteiger partial charge >= 0.3 is 0 Å². The van der Waals surface area contributed by atoms with E-state index in [1.807, 2.05) is 6.07 Å². The average molecular weight is 314 g/mol. The van der Waals surface area contributed by atoms with E-state index < -0.39 is 0 Å². The Labute approximate surface area is 117 Å². The fraction of sp³-hybridized carbons (Fsp3) is 0.692. The number of hydrogen-bond acceptors (Lipinski definition) is 4. The lowest BCUT2D eigenvalue weighted by Crippen LogP contribution is -2.32. The van der Waals surface area contributed by atoms with Crippen LogP contribution < -0.4 is 5.32 Å². The van der Waals surface area contributed by atoms with Gasteiger partial charge < -0.3 is 10.1 Å². The van der Waals surface area contributed by atoms with Gasteiger partial charge in [-0.3, -0.25) is 0 Å². The number of aryl methyl sites for hydroxylation is 1. The molecule has 0 bridgehead atoms. The summed E-state index contributed by atoms with van der Waals surface area (Å²) in [7, 11) is 0. The summed E-state index contributed by atoms with van der Waals surface area (Å²) in [6.45, 7) is 5.08. The SMILES string of the molecule is CCCc1nc(Br)cc(NC2CCOC(C)C2)n1. The van der Waals surface area contributed by atoms with Crippen LogP contribution in [0.5, 0.6) is 0 Å². The van der Waals surface area contributed by atoms with Crippen molar-refractivity contribution in [3.63, 3.8) is 0 Å². The Kier molecular flexibility index (Phi) is 4.95. The van der Waals surface area contributed by atoms with Gasteiger partial charge in [0.25, 0.3) is 0 Å². The minimum atomic E-state index is 0.330. The molecule has 0 amide bonds. The number of anilines is 1. The molecule has 2 atom stereocenters. The molecule has 2 rings (SSSR count). The summed E-state index contributed by atoms with van der Waals surface area (Å²) in [5, 5.41) is 3.49. The zero-order valence-electron chi connectivity index (χ0n) is 10.9. The summed E-state index contributed by atoms with van der Waals surface area (Å²) in [5.41, 5.74) is 0. The van der Waals surface area contributed by atoms with E-state index in [1.165, 1.54) is 0 Å². The monoisotopic (exact) mass is 313 g/mol. The molecular formula is C13H20BrN3O. The molecule has 2 heterocycles. The van der Waals surface area contributed by atoms with E-state index in [0.717, 1.165) is 48.5 Å². The van der Waals surface area contributed by atoms with Crippen LogP contribution in [-0.2, 0) is 11.2 Å². The van der Waals surface area contributed by atoms with Crippen molar-refractivity contribution in [1.82, 2.24) is 9.97 Å². The van der Waals surface area contributed by atoms with E-state index in [0.29, 0.717) is 12.1 Å². The van der Waals surface area contributed by atoms with Gasteiger partial charge in [-0.05, 0) is 42.1 Å². The Morgan fingerprint density at radius 2 is 2.33 bits per heavy atom. The first-order valence-electron chi connectivity index (χ1n) is 6.59. The Balaban J connectivity index is 2.03. The molecular weight excluding hydrogens is 294 g/mol. The number of hydrogen-bond donors (Lipinski definition) is 1. The summed E-state index contributed by atoms with van der Waals surface area (Å²) >= 11 is 3.44. The van der Waals surface area contributed by atoms with Crippen molar-refractivity contribution in [2.24, 2.45) is 0 Å². The quantitative estimate of drug-likeness (QED) is 0.867. The predicted octanol–water partition coefficient (Wildman–Crippen LogP) is 3.17. The molecule has 0 aliphatic carbocycles. The molecule has 0 radical (unpaired) electrons. The van der Waals surface area contributed by atoms with Crippen LogP contribution in [0.2, 0.25) is 0 Å². The number of rotatable bonds is 4. The first-order chi connectivity index (χ1) is 8.67. The third-order valence-corrected chi connectivity index (χ3v) is 3.46. The Bertz CT molecular complexity index is 400. The van der Waals surface area contributed by atoms with Crippen LogP contribution in [0.4, 0.5) is 5.82 Å². The number of nitrogens with one attached hydrogen (secondary N) is 1. The van der Waals surface area contributed by atoms with E-state index in [4.69, 9.17) is 4.74 Å². The topological polar surface area (TPSA) is 47.0 Å². The summed E-state index contributed by atoms with van der Waals surface area (Å²) in [4.78, 5) is 8.92. The molecule has 1 aliphatic rings. The maximum Gasteiger partial charge on any atom is 0.132 e. The van der Waals surface area contributed by atoms with Crippen molar-refractivity contribution < 1.29 is 4.74 Å². The largest absolute Gasteiger partial charge is 0.378 e. The molecule has 1 saturated heterocycles. The van der Waals surface area contributed by atoms with E-state index in [-0.39, 0.29) is 0 Å². The van der Waals surface area contributed by atoms with Crippen molar-refractivity contribution in [3.8, 4) is 0 Å². The summed E-state index contributed by atoms with van der Waals surface area (Å²) < 4.78 is 6.40. The standard InChI is InChI=1S/C13H20BrN3O/c1-3-4-12-16-11(14)8-13(17-12)15-10-5-6-18-9(2)7-10/h8-10H,3-7H2,1-2H3,(H,15,16,17). The zero-order valence-corrected chi connectivity index (χ0v) is 12.5. The third kappa shape index (κ3) is 3.92. The first-order valence-corrected chi connectivity index (χ1v) is 7.38. The van der Waals surface area contributed by atoms with Gasteiger partial charge in [-0.15, -0.1) is 0 Å². The van der Waals surface area contributed by atoms with Crippen LogP contribution in [0.1, 0.15) is 38.9 Å². The number of aromatic nitrogens is 2. The molecule has 18 heavy (non-hydrogen) atoms. The number of halogens is 1. The molecule has 1 aromatic rings. The van der Waals surface area contributed by atoms with Crippen LogP contribution in [0.25, 0.3) is 0 Å². The third-order valence-electron chi connectivity index (χ3n) is 3.05. The highest BCUT2D eigenvalue weighted by Gasteiger charge is 2.19. The van der Waals surface area contributed by atoms with Gasteiger partial charge in [-0.2, -0.15) is 0 Å². The molecule has 0 saturated carbocycles. The lowest BCUT2D eigenvalue weighted by atomic mass is 10.0. The number of nitrogens with zero attached hydrogens (tertiary/aromatic N) is 2. The van der Waals surface area contributed by atoms with Crippen LogP contribution in [0, 0.1) is 0 Å². The summed E-state index contributed by atoms with van der Waals surface area (Å²) in [6, 6.07) is 2.39. The minimum absolute atomic E-state index is 0.330. The second-order valence-corrected chi connectivity index (χ2v) is 5.60. The molecule has 4 nitrogen and oxygen atoms in total. The molecule has 0 aromatic carbocycles. The second-order valence-electron chi connectivity index (χ2n) is 4.79. The minimum Gasteiger partial charge on any atom is -0.378 e. The highest BCUT2D eigenvalue weighted by Crippen LogP contribution is 2.19. The molecule has 1 N–H and O–H groups in total. The van der Waals surface area contributed by atoms with Crippen molar-refractivity contribution in [2.45, 2.75) is 51.7 Å². The van der Waals surface area contributed by atoms with Crippen LogP contribution in [-0.4, -0.2) is 28.7 Å². The average Bonchev–Trinajstić information content (AvgIpc) is 2.28. The highest BCUT2D eigenvalue weighted by molar-refractivity contribution is 9.10. The molecule has 0 spiro atoms. The Hall–Kier alpha value is -0.680. The Morgan fingerprint density at radius 1 is 1.50 bits per heavy atom. The van der Waals surface area contributed by atoms with Crippen molar-refractivity contribution in [3.05, 3.63) is 16.5 Å². The van der Waals surface area contributed by atoms with Crippen LogP contribution in [0.15, 0.2) is 10.7 Å². The zero-order chi connectivity index (χ0) is 13.0. The molecule has 1 aliphatic heterocycles. The van der Waals surface area contributed by atoms with Crippen molar-refractivity contribution in [2.75, 3.05) is 11.9 Å². The maximum absolute atomic E-state index is 5.55. The van der Waals surface area contributed by atoms with E-state index in [9.17, 15) is 0 Å². The molecule has 5 heteroatoms. The fourth-order valence-corrected chi connectivity index (χ4v) is 2.63. The van der Waals surface area contributed by atoms with Gasteiger partial charge in [0.15, 0.2) is 0 Å². The van der Waals surface area contributed by atoms with Gasteiger partial charge in [0.2, 0.25) is 0 Å². The number of ether oxygens (including phenoxy) is 1. The second kappa shape index (κ2) is 6.48. The van der Waals surface area contributed by atoms with Gasteiger partial charge in [0.1, 0.15) is 16.2 Å². The highest BCUT2D eigenvalue weighted by atomic mass is 79.9. The Morgan fingerprint density at radius 3 is 3.06 bits per heavy atom. The van der Waals surface area contributed by atoms with Gasteiger partial charge in [-0.25, -0.2) is 9.97 Å². The summed E-state index contributed by atoms with van der Waals surface area (Å²) in [5.74, 6) is 1.81. The predicted molar refractivity (Wildman–Crippen MR) is 75.8 cm³/mol. The van der Waals surface area contributed by atoms with Crippen LogP contribution >= 0.6 is 15.9 Å². The normalized spacial score (nSPS) is 23.9. The maximum atomic E-state index is 5.55. The molecule has 1 aromatic heterocycles. The van der Waals surface area contributed by atoms with Crippen LogP contribution in [0.3, 0.4) is 0 Å². The molecule has 2 unspecified atom stereocenters. The smallest absolute Gasteiger partial charge is 0.132 e. The lowest BCUT2D eigenvalue weighted by molar-refractivity contribution is 0.0232. The lowest BCUT2D eigenvalue weighted by Gasteiger charge is -2.28. The van der Waals surface area contributed by atoms with Gasteiger partial charge in [0.05, 0.1) is 6.10 Å². The first kappa shape index (κ1) is 13.7. The van der Waals surface area contributed by atoms with E-state index in [2.05, 4.69) is 45.1 Å². The fourth-order valence-electron chi connectivity index (χ4n) is 2.21. The van der Waals surface area contributed by atoms with E-state index >= 15 is 0 Å². The van der Waals surface area contributed by atoms with Gasteiger partial charge in [-0.1, -0.05) is 6.92 Å². The molecule has 100 valence electrons. The summed E-state index contributed by atoms with van der Waals surface area (Å²) in [6.07, 6.45) is 4.37. The van der Waals surface area contributed by atoms with Gasteiger partial charge in [0, 0.05) is 25.1 Å². The van der Waals surface area contributed by atoms with Crippen molar-refractivity contribution >= 4 is 21.7 Å².